The molecular formula is C24H21N5O3S. The summed E-state index contributed by atoms with van der Waals surface area (Å²) >= 11 is 0. The number of nitrogens with zero attached hydrogens (tertiary/aromatic N) is 4. The van der Waals surface area contributed by atoms with Gasteiger partial charge in [-0.15, -0.1) is 0 Å². The molecule has 3 heterocycles. The van der Waals surface area contributed by atoms with E-state index in [1.165, 1.54) is 6.26 Å². The number of rotatable bonds is 6. The van der Waals surface area contributed by atoms with E-state index in [1.54, 1.807) is 41.3 Å². The van der Waals surface area contributed by atoms with Crippen molar-refractivity contribution in [1.82, 2.24) is 19.7 Å². The molecule has 0 atom stereocenters. The smallest absolute Gasteiger partial charge is 0.175 e. The standard InChI is InChI=1S/C24H21N5O3S/c1-33(31,32)20-5-3-19(4-6-20)27-23-13-21-17(14-26-23)8-9-25-24(21)16-2-7-22-18(12-16)15-29(28-22)10-11-30/h2-9,12-15,30H,10-11H2,1H3,(H,26,27). The number of hydrogen-bond donors (Lipinski definition) is 2. The van der Waals surface area contributed by atoms with Crippen molar-refractivity contribution >= 4 is 43.0 Å². The number of pyridine rings is 2. The number of aliphatic hydroxyl groups is 1. The Bertz CT molecular complexity index is 1580. The lowest BCUT2D eigenvalue weighted by atomic mass is 10.0. The quantitative estimate of drug-likeness (QED) is 0.398. The first-order valence-corrected chi connectivity index (χ1v) is 12.2. The van der Waals surface area contributed by atoms with E-state index >= 15 is 0 Å². The maximum atomic E-state index is 11.7. The Morgan fingerprint density at radius 3 is 2.58 bits per heavy atom. The van der Waals surface area contributed by atoms with Crippen LogP contribution in [-0.4, -0.2) is 46.1 Å². The second-order valence-corrected chi connectivity index (χ2v) is 9.78. The van der Waals surface area contributed by atoms with Gasteiger partial charge < -0.3 is 10.4 Å². The molecule has 8 nitrogen and oxygen atoms in total. The van der Waals surface area contributed by atoms with Crippen LogP contribution in [0, 0.1) is 0 Å². The summed E-state index contributed by atoms with van der Waals surface area (Å²) in [5, 5.41) is 19.7. The fourth-order valence-electron chi connectivity index (χ4n) is 3.74. The van der Waals surface area contributed by atoms with Gasteiger partial charge in [0.05, 0.1) is 29.3 Å². The first-order chi connectivity index (χ1) is 15.9. The summed E-state index contributed by atoms with van der Waals surface area (Å²) in [5.74, 6) is 0.626. The number of benzene rings is 2. The molecule has 2 N–H and O–H groups in total. The molecule has 0 aliphatic carbocycles. The van der Waals surface area contributed by atoms with E-state index in [9.17, 15) is 8.42 Å². The van der Waals surface area contributed by atoms with Crippen LogP contribution in [-0.2, 0) is 16.4 Å². The molecule has 0 radical (unpaired) electrons. The summed E-state index contributed by atoms with van der Waals surface area (Å²) in [6.45, 7) is 0.480. The highest BCUT2D eigenvalue weighted by atomic mass is 32.2. The average Bonchev–Trinajstić information content (AvgIpc) is 3.20. The normalized spacial score (nSPS) is 11.8. The Labute approximate surface area is 190 Å². The number of aromatic nitrogens is 4. The lowest BCUT2D eigenvalue weighted by molar-refractivity contribution is 0.270. The van der Waals surface area contributed by atoms with Gasteiger partial charge in [-0.3, -0.25) is 9.67 Å². The first kappa shape index (κ1) is 21.0. The highest BCUT2D eigenvalue weighted by Gasteiger charge is 2.11. The van der Waals surface area contributed by atoms with Crippen molar-refractivity contribution in [3.05, 3.63) is 73.2 Å². The van der Waals surface area contributed by atoms with E-state index < -0.39 is 9.84 Å². The molecule has 0 saturated carbocycles. The fourth-order valence-corrected chi connectivity index (χ4v) is 4.37. The minimum atomic E-state index is -3.25. The van der Waals surface area contributed by atoms with E-state index in [1.807, 2.05) is 36.5 Å². The van der Waals surface area contributed by atoms with Crippen molar-refractivity contribution in [2.45, 2.75) is 11.4 Å². The van der Waals surface area contributed by atoms with Crippen LogP contribution in [0.4, 0.5) is 11.5 Å². The predicted molar refractivity (Wildman–Crippen MR) is 128 cm³/mol. The van der Waals surface area contributed by atoms with Gasteiger partial charge in [0.25, 0.3) is 0 Å². The van der Waals surface area contributed by atoms with Gasteiger partial charge in [0.1, 0.15) is 5.82 Å². The third kappa shape index (κ3) is 4.28. The second-order valence-electron chi connectivity index (χ2n) is 7.76. The Balaban J connectivity index is 1.51. The Morgan fingerprint density at radius 1 is 1.00 bits per heavy atom. The van der Waals surface area contributed by atoms with Crippen molar-refractivity contribution < 1.29 is 13.5 Å². The van der Waals surface area contributed by atoms with Crippen LogP contribution in [0.15, 0.2) is 78.1 Å². The summed E-state index contributed by atoms with van der Waals surface area (Å²) in [7, 11) is -3.25. The number of hydrogen-bond acceptors (Lipinski definition) is 7. The van der Waals surface area contributed by atoms with Crippen molar-refractivity contribution in [3.63, 3.8) is 0 Å². The zero-order valence-electron chi connectivity index (χ0n) is 17.8. The average molecular weight is 460 g/mol. The number of aliphatic hydroxyl groups excluding tert-OH is 1. The van der Waals surface area contributed by atoms with E-state index in [2.05, 4.69) is 20.4 Å². The minimum absolute atomic E-state index is 0.0332. The molecule has 33 heavy (non-hydrogen) atoms. The molecule has 0 unspecified atom stereocenters. The summed E-state index contributed by atoms with van der Waals surface area (Å²) in [6, 6.07) is 16.4. The molecule has 0 fully saturated rings. The van der Waals surface area contributed by atoms with Crippen molar-refractivity contribution in [3.8, 4) is 11.3 Å². The molecule has 2 aromatic carbocycles. The van der Waals surface area contributed by atoms with Crippen molar-refractivity contribution in [2.24, 2.45) is 0 Å². The van der Waals surface area contributed by atoms with Crippen LogP contribution in [0.1, 0.15) is 0 Å². The van der Waals surface area contributed by atoms with Gasteiger partial charge in [-0.05, 0) is 48.5 Å². The lowest BCUT2D eigenvalue weighted by Crippen LogP contribution is -2.01. The van der Waals surface area contributed by atoms with Gasteiger partial charge in [0.15, 0.2) is 9.84 Å². The molecule has 5 aromatic rings. The van der Waals surface area contributed by atoms with Crippen molar-refractivity contribution in [2.75, 3.05) is 18.2 Å². The maximum Gasteiger partial charge on any atom is 0.175 e. The molecule has 0 bridgehead atoms. The Morgan fingerprint density at radius 2 is 1.82 bits per heavy atom. The number of fused-ring (bicyclic) bond motifs is 2. The van der Waals surface area contributed by atoms with Gasteiger partial charge in [0.2, 0.25) is 0 Å². The number of anilines is 2. The maximum absolute atomic E-state index is 11.7. The van der Waals surface area contributed by atoms with Crippen LogP contribution >= 0.6 is 0 Å². The number of nitrogens with one attached hydrogen (secondary N) is 1. The lowest BCUT2D eigenvalue weighted by Gasteiger charge is -2.10. The van der Waals surface area contributed by atoms with Crippen LogP contribution in [0.25, 0.3) is 32.9 Å². The van der Waals surface area contributed by atoms with Gasteiger partial charge in [-0.2, -0.15) is 5.10 Å². The summed E-state index contributed by atoms with van der Waals surface area (Å²) in [4.78, 5) is 9.38. The molecule has 9 heteroatoms. The molecule has 0 aliphatic rings. The number of sulfone groups is 1. The molecule has 0 amide bonds. The Hall–Kier alpha value is -3.82. The molecule has 3 aromatic heterocycles. The highest BCUT2D eigenvalue weighted by molar-refractivity contribution is 7.90. The van der Waals surface area contributed by atoms with Crippen molar-refractivity contribution in [1.29, 1.82) is 0 Å². The second kappa shape index (κ2) is 8.27. The minimum Gasteiger partial charge on any atom is -0.394 e. The van der Waals surface area contributed by atoms with Crippen LogP contribution in [0.2, 0.25) is 0 Å². The van der Waals surface area contributed by atoms with Crippen LogP contribution in [0.3, 0.4) is 0 Å². The topological polar surface area (TPSA) is 110 Å². The van der Waals surface area contributed by atoms with Crippen LogP contribution in [0.5, 0.6) is 0 Å². The van der Waals surface area contributed by atoms with E-state index in [4.69, 9.17) is 5.11 Å². The molecule has 0 saturated heterocycles. The molecule has 0 aliphatic heterocycles. The molecular weight excluding hydrogens is 438 g/mol. The zero-order valence-corrected chi connectivity index (χ0v) is 18.6. The van der Waals surface area contributed by atoms with Gasteiger partial charge >= 0.3 is 0 Å². The zero-order chi connectivity index (χ0) is 23.0. The largest absolute Gasteiger partial charge is 0.394 e. The SMILES string of the molecule is CS(=O)(=O)c1ccc(Nc2cc3c(-c4ccc5nn(CCO)cc5c4)nccc3cn2)cc1. The third-order valence-corrected chi connectivity index (χ3v) is 6.49. The highest BCUT2D eigenvalue weighted by Crippen LogP contribution is 2.30. The molecule has 0 spiro atoms. The predicted octanol–water partition coefficient (Wildman–Crippen LogP) is 3.79. The van der Waals surface area contributed by atoms with E-state index in [-0.39, 0.29) is 11.5 Å². The summed E-state index contributed by atoms with van der Waals surface area (Å²) in [6.07, 6.45) is 6.64. The van der Waals surface area contributed by atoms with Crippen LogP contribution < -0.4 is 5.32 Å². The van der Waals surface area contributed by atoms with Gasteiger partial charge in [0, 0.05) is 52.3 Å². The first-order valence-electron chi connectivity index (χ1n) is 10.3. The monoisotopic (exact) mass is 459 g/mol. The summed E-state index contributed by atoms with van der Waals surface area (Å²) < 4.78 is 25.1. The fraction of sp³-hybridized carbons (Fsp3) is 0.125. The van der Waals surface area contributed by atoms with Gasteiger partial charge in [-0.1, -0.05) is 6.07 Å². The molecule has 166 valence electrons. The van der Waals surface area contributed by atoms with E-state index in [0.29, 0.717) is 12.4 Å². The molecule has 5 rings (SSSR count). The van der Waals surface area contributed by atoms with E-state index in [0.717, 1.165) is 38.6 Å². The van der Waals surface area contributed by atoms with Gasteiger partial charge in [-0.25, -0.2) is 13.4 Å². The Kier molecular flexibility index (Phi) is 5.27. The summed E-state index contributed by atoms with van der Waals surface area (Å²) in [5.41, 5.74) is 3.36. The third-order valence-electron chi connectivity index (χ3n) is 5.36.